The lowest BCUT2D eigenvalue weighted by atomic mass is 10.0. The van der Waals surface area contributed by atoms with E-state index in [0.717, 1.165) is 11.1 Å². The first-order valence-electron chi connectivity index (χ1n) is 10.7. The second-order valence-corrected chi connectivity index (χ2v) is 8.82. The van der Waals surface area contributed by atoms with E-state index in [0.29, 0.717) is 23.2 Å². The highest BCUT2D eigenvalue weighted by Crippen LogP contribution is 2.26. The molecule has 1 N–H and O–H groups in total. The summed E-state index contributed by atoms with van der Waals surface area (Å²) in [6.07, 6.45) is 0. The van der Waals surface area contributed by atoms with Crippen LogP contribution in [0.25, 0.3) is 0 Å². The maximum Gasteiger partial charge on any atom is 0.261 e. The van der Waals surface area contributed by atoms with E-state index < -0.39 is 6.04 Å². The summed E-state index contributed by atoms with van der Waals surface area (Å²) in [6.45, 7) is 10.6. The molecule has 0 aliphatic heterocycles. The van der Waals surface area contributed by atoms with E-state index in [9.17, 15) is 9.59 Å². The molecule has 2 aromatic rings. The highest BCUT2D eigenvalue weighted by atomic mass is 35.5. The predicted molar refractivity (Wildman–Crippen MR) is 125 cm³/mol. The van der Waals surface area contributed by atoms with Crippen LogP contribution in [0.3, 0.4) is 0 Å². The van der Waals surface area contributed by atoms with E-state index >= 15 is 0 Å². The smallest absolute Gasteiger partial charge is 0.261 e. The molecule has 2 rings (SSSR count). The monoisotopic (exact) mass is 444 g/mol. The van der Waals surface area contributed by atoms with Crippen molar-refractivity contribution in [2.45, 2.75) is 53.1 Å². The van der Waals surface area contributed by atoms with Gasteiger partial charge in [0, 0.05) is 18.1 Å². The van der Waals surface area contributed by atoms with Crippen molar-refractivity contribution >= 4 is 23.4 Å². The highest BCUT2D eigenvalue weighted by Gasteiger charge is 2.27. The molecule has 168 valence electrons. The number of rotatable bonds is 10. The summed E-state index contributed by atoms with van der Waals surface area (Å²) in [7, 11) is 0. The molecule has 0 saturated heterocycles. The van der Waals surface area contributed by atoms with Crippen LogP contribution in [0.15, 0.2) is 48.5 Å². The third kappa shape index (κ3) is 7.28. The van der Waals surface area contributed by atoms with Crippen molar-refractivity contribution < 1.29 is 14.3 Å². The molecule has 0 saturated carbocycles. The number of nitrogens with zero attached hydrogens (tertiary/aromatic N) is 1. The van der Waals surface area contributed by atoms with E-state index in [1.165, 1.54) is 4.90 Å². The van der Waals surface area contributed by atoms with Crippen LogP contribution in [0.1, 0.15) is 51.7 Å². The molecule has 2 amide bonds. The quantitative estimate of drug-likeness (QED) is 0.559. The molecule has 0 heterocycles. The first-order valence-corrected chi connectivity index (χ1v) is 11.1. The molecule has 0 bridgehead atoms. The second kappa shape index (κ2) is 11.8. The molecular weight excluding hydrogens is 412 g/mol. The second-order valence-electron chi connectivity index (χ2n) is 8.41. The summed E-state index contributed by atoms with van der Waals surface area (Å²) in [5.74, 6) is 0.800. The fourth-order valence-electron chi connectivity index (χ4n) is 3.16. The Morgan fingerprint density at radius 3 is 2.29 bits per heavy atom. The summed E-state index contributed by atoms with van der Waals surface area (Å²) >= 11 is 6.32. The highest BCUT2D eigenvalue weighted by molar-refractivity contribution is 6.31. The predicted octanol–water partition coefficient (Wildman–Crippen LogP) is 5.03. The van der Waals surface area contributed by atoms with Crippen molar-refractivity contribution in [1.82, 2.24) is 10.2 Å². The normalized spacial score (nSPS) is 12.0. The van der Waals surface area contributed by atoms with Gasteiger partial charge in [-0.05, 0) is 42.0 Å². The number of carbonyl (C=O) groups is 2. The van der Waals surface area contributed by atoms with Gasteiger partial charge in [-0.3, -0.25) is 9.59 Å². The number of halogens is 1. The Bertz CT molecular complexity index is 883. The SMILES string of the molecule is CC(C)CNC(=O)C(C)N(Cc1ccccc1Cl)C(=O)COc1ccccc1C(C)C. The summed E-state index contributed by atoms with van der Waals surface area (Å²) < 4.78 is 5.88. The summed E-state index contributed by atoms with van der Waals surface area (Å²) in [5, 5.41) is 3.47. The summed E-state index contributed by atoms with van der Waals surface area (Å²) in [4.78, 5) is 27.4. The number of nitrogens with one attached hydrogen (secondary N) is 1. The van der Waals surface area contributed by atoms with Gasteiger partial charge in [-0.2, -0.15) is 0 Å². The van der Waals surface area contributed by atoms with E-state index in [1.807, 2.05) is 56.3 Å². The molecule has 0 radical (unpaired) electrons. The van der Waals surface area contributed by atoms with Crippen molar-refractivity contribution in [2.24, 2.45) is 5.92 Å². The van der Waals surface area contributed by atoms with Crippen molar-refractivity contribution in [1.29, 1.82) is 0 Å². The van der Waals surface area contributed by atoms with Gasteiger partial charge in [0.1, 0.15) is 11.8 Å². The zero-order chi connectivity index (χ0) is 23.0. The standard InChI is InChI=1S/C25H33ClN2O3/c1-17(2)14-27-25(30)19(5)28(15-20-10-6-8-12-22(20)26)24(29)16-31-23-13-9-7-11-21(23)18(3)4/h6-13,17-19H,14-16H2,1-5H3,(H,27,30). The van der Waals surface area contributed by atoms with Gasteiger partial charge in [0.2, 0.25) is 5.91 Å². The molecule has 0 fully saturated rings. The summed E-state index contributed by atoms with van der Waals surface area (Å²) in [6, 6.07) is 14.4. The number of amides is 2. The lowest BCUT2D eigenvalue weighted by Gasteiger charge is -2.29. The summed E-state index contributed by atoms with van der Waals surface area (Å²) in [5.41, 5.74) is 1.82. The topological polar surface area (TPSA) is 58.6 Å². The fraction of sp³-hybridized carbons (Fsp3) is 0.440. The van der Waals surface area contributed by atoms with Crippen LogP contribution >= 0.6 is 11.6 Å². The molecule has 2 aromatic carbocycles. The maximum atomic E-state index is 13.2. The third-order valence-electron chi connectivity index (χ3n) is 5.04. The Morgan fingerprint density at radius 1 is 1.00 bits per heavy atom. The lowest BCUT2D eigenvalue weighted by molar-refractivity contribution is -0.142. The first kappa shape index (κ1) is 24.7. The van der Waals surface area contributed by atoms with Crippen LogP contribution in [-0.4, -0.2) is 35.9 Å². The van der Waals surface area contributed by atoms with E-state index in [4.69, 9.17) is 16.3 Å². The Kier molecular flexibility index (Phi) is 9.38. The maximum absolute atomic E-state index is 13.2. The third-order valence-corrected chi connectivity index (χ3v) is 5.41. The van der Waals surface area contributed by atoms with Crippen LogP contribution in [0.2, 0.25) is 5.02 Å². The van der Waals surface area contributed by atoms with Crippen molar-refractivity contribution in [3.63, 3.8) is 0 Å². The lowest BCUT2D eigenvalue weighted by Crippen LogP contribution is -2.49. The Balaban J connectivity index is 2.19. The molecule has 0 aromatic heterocycles. The van der Waals surface area contributed by atoms with Gasteiger partial charge in [-0.25, -0.2) is 0 Å². The first-order chi connectivity index (χ1) is 14.7. The molecule has 1 atom stereocenters. The van der Waals surface area contributed by atoms with Crippen LogP contribution in [0.4, 0.5) is 0 Å². The number of carbonyl (C=O) groups excluding carboxylic acids is 2. The molecule has 0 aliphatic rings. The average molecular weight is 445 g/mol. The van der Waals surface area contributed by atoms with Crippen molar-refractivity contribution in [3.8, 4) is 5.75 Å². The minimum Gasteiger partial charge on any atom is -0.483 e. The Morgan fingerprint density at radius 2 is 1.65 bits per heavy atom. The molecular formula is C25H33ClN2O3. The van der Waals surface area contributed by atoms with Gasteiger partial charge < -0.3 is 15.0 Å². The van der Waals surface area contributed by atoms with E-state index in [-0.39, 0.29) is 30.9 Å². The van der Waals surface area contributed by atoms with Gasteiger partial charge >= 0.3 is 0 Å². The Hall–Kier alpha value is -2.53. The van der Waals surface area contributed by atoms with Gasteiger partial charge in [-0.15, -0.1) is 0 Å². The van der Waals surface area contributed by atoms with Gasteiger partial charge in [-0.1, -0.05) is 75.7 Å². The minimum atomic E-state index is -0.661. The number of hydrogen-bond acceptors (Lipinski definition) is 3. The van der Waals surface area contributed by atoms with Crippen molar-refractivity contribution in [2.75, 3.05) is 13.2 Å². The largest absolute Gasteiger partial charge is 0.483 e. The molecule has 0 aliphatic carbocycles. The van der Waals surface area contributed by atoms with Crippen LogP contribution in [0.5, 0.6) is 5.75 Å². The van der Waals surface area contributed by atoms with Crippen molar-refractivity contribution in [3.05, 3.63) is 64.7 Å². The van der Waals surface area contributed by atoms with Crippen LogP contribution in [-0.2, 0) is 16.1 Å². The molecule has 1 unspecified atom stereocenters. The van der Waals surface area contributed by atoms with Gasteiger partial charge in [0.15, 0.2) is 6.61 Å². The molecule has 31 heavy (non-hydrogen) atoms. The van der Waals surface area contributed by atoms with Crippen LogP contribution in [0, 0.1) is 5.92 Å². The van der Waals surface area contributed by atoms with Gasteiger partial charge in [0.05, 0.1) is 0 Å². The molecule has 5 nitrogen and oxygen atoms in total. The molecule has 6 heteroatoms. The number of hydrogen-bond donors (Lipinski definition) is 1. The van der Waals surface area contributed by atoms with Crippen LogP contribution < -0.4 is 10.1 Å². The minimum absolute atomic E-state index is 0.157. The number of ether oxygens (including phenoxy) is 1. The van der Waals surface area contributed by atoms with E-state index in [2.05, 4.69) is 19.2 Å². The average Bonchev–Trinajstić information content (AvgIpc) is 2.74. The molecule has 0 spiro atoms. The zero-order valence-electron chi connectivity index (χ0n) is 19.0. The fourth-order valence-corrected chi connectivity index (χ4v) is 3.35. The Labute approximate surface area is 190 Å². The van der Waals surface area contributed by atoms with E-state index in [1.54, 1.807) is 13.0 Å². The zero-order valence-corrected chi connectivity index (χ0v) is 19.8. The number of para-hydroxylation sites is 1. The number of benzene rings is 2. The van der Waals surface area contributed by atoms with Gasteiger partial charge in [0.25, 0.3) is 5.91 Å².